The molecule has 1 fully saturated rings. The van der Waals surface area contributed by atoms with Gasteiger partial charge in [0.25, 0.3) is 0 Å². The van der Waals surface area contributed by atoms with Gasteiger partial charge >= 0.3 is 0 Å². The predicted octanol–water partition coefficient (Wildman–Crippen LogP) is 3.38. The van der Waals surface area contributed by atoms with Gasteiger partial charge in [0.15, 0.2) is 11.5 Å². The van der Waals surface area contributed by atoms with Crippen LogP contribution >= 0.6 is 0 Å². The first-order chi connectivity index (χ1) is 12.9. The molecule has 1 unspecified atom stereocenters. The molecule has 8 heteroatoms. The molecule has 0 bridgehead atoms. The molecule has 0 spiro atoms. The zero-order chi connectivity index (χ0) is 19.6. The first-order valence-corrected chi connectivity index (χ1v) is 9.93. The van der Waals surface area contributed by atoms with Crippen molar-refractivity contribution in [3.8, 4) is 17.2 Å². The summed E-state index contributed by atoms with van der Waals surface area (Å²) in [6.45, 7) is 0.317. The Bertz CT molecular complexity index is 932. The number of nitrogens with zero attached hydrogens (tertiary/aromatic N) is 1. The zero-order valence-corrected chi connectivity index (χ0v) is 16.3. The van der Waals surface area contributed by atoms with Crippen molar-refractivity contribution in [2.24, 2.45) is 0 Å². The van der Waals surface area contributed by atoms with Crippen molar-refractivity contribution in [3.05, 3.63) is 47.8 Å². The van der Waals surface area contributed by atoms with E-state index in [4.69, 9.17) is 14.2 Å². The van der Waals surface area contributed by atoms with Crippen molar-refractivity contribution in [2.75, 3.05) is 27.9 Å². The van der Waals surface area contributed by atoms with Crippen molar-refractivity contribution >= 4 is 10.0 Å². The number of halogens is 1. The van der Waals surface area contributed by atoms with E-state index in [0.717, 1.165) is 11.6 Å². The average Bonchev–Trinajstić information content (AvgIpc) is 3.18. The van der Waals surface area contributed by atoms with Gasteiger partial charge in [-0.2, -0.15) is 4.31 Å². The maximum atomic E-state index is 14.6. The molecule has 146 valence electrons. The lowest BCUT2D eigenvalue weighted by molar-refractivity contribution is 0.348. The van der Waals surface area contributed by atoms with Gasteiger partial charge in [0.1, 0.15) is 16.5 Å². The van der Waals surface area contributed by atoms with Gasteiger partial charge in [-0.1, -0.05) is 12.1 Å². The first kappa shape index (κ1) is 19.4. The van der Waals surface area contributed by atoms with E-state index < -0.39 is 20.7 Å². The van der Waals surface area contributed by atoms with Crippen LogP contribution in [0.1, 0.15) is 24.4 Å². The number of benzene rings is 2. The SMILES string of the molecule is COc1cccc(C2CCCN2S(=O)(=O)c2cc(OC)c(OC)cc2F)c1. The van der Waals surface area contributed by atoms with Crippen molar-refractivity contribution in [1.82, 2.24) is 4.31 Å². The molecule has 2 aromatic carbocycles. The largest absolute Gasteiger partial charge is 0.497 e. The predicted molar refractivity (Wildman–Crippen MR) is 98.4 cm³/mol. The van der Waals surface area contributed by atoms with Crippen LogP contribution in [-0.2, 0) is 10.0 Å². The van der Waals surface area contributed by atoms with Crippen molar-refractivity contribution < 1.29 is 27.0 Å². The Morgan fingerprint density at radius 1 is 1.04 bits per heavy atom. The van der Waals surface area contributed by atoms with E-state index in [1.54, 1.807) is 13.2 Å². The van der Waals surface area contributed by atoms with Crippen LogP contribution < -0.4 is 14.2 Å². The fraction of sp³-hybridized carbons (Fsp3) is 0.368. The van der Waals surface area contributed by atoms with Gasteiger partial charge in [0.2, 0.25) is 10.0 Å². The lowest BCUT2D eigenvalue weighted by atomic mass is 10.1. The molecule has 2 aromatic rings. The van der Waals surface area contributed by atoms with Crippen LogP contribution in [0.4, 0.5) is 4.39 Å². The lowest BCUT2D eigenvalue weighted by Crippen LogP contribution is -2.31. The fourth-order valence-electron chi connectivity index (χ4n) is 3.37. The van der Waals surface area contributed by atoms with Crippen LogP contribution in [0.3, 0.4) is 0 Å². The molecule has 1 saturated heterocycles. The van der Waals surface area contributed by atoms with E-state index in [1.165, 1.54) is 24.6 Å². The fourth-order valence-corrected chi connectivity index (χ4v) is 5.11. The van der Waals surface area contributed by atoms with Crippen LogP contribution in [0.2, 0.25) is 0 Å². The Morgan fingerprint density at radius 3 is 2.41 bits per heavy atom. The van der Waals surface area contributed by atoms with Gasteiger partial charge < -0.3 is 14.2 Å². The van der Waals surface area contributed by atoms with Crippen LogP contribution in [0.15, 0.2) is 41.3 Å². The molecular weight excluding hydrogens is 373 g/mol. The monoisotopic (exact) mass is 395 g/mol. The van der Waals surface area contributed by atoms with Gasteiger partial charge in [-0.3, -0.25) is 0 Å². The van der Waals surface area contributed by atoms with E-state index in [9.17, 15) is 12.8 Å². The Kier molecular flexibility index (Phi) is 5.57. The summed E-state index contributed by atoms with van der Waals surface area (Å²) < 4.78 is 57.8. The van der Waals surface area contributed by atoms with E-state index in [1.807, 2.05) is 18.2 Å². The van der Waals surface area contributed by atoms with Crippen molar-refractivity contribution in [2.45, 2.75) is 23.8 Å². The summed E-state index contributed by atoms with van der Waals surface area (Å²) in [5.41, 5.74) is 0.816. The summed E-state index contributed by atoms with van der Waals surface area (Å²) in [4.78, 5) is -0.421. The molecule has 0 N–H and O–H groups in total. The topological polar surface area (TPSA) is 65.1 Å². The van der Waals surface area contributed by atoms with Crippen molar-refractivity contribution in [1.29, 1.82) is 0 Å². The minimum absolute atomic E-state index is 0.139. The minimum Gasteiger partial charge on any atom is -0.497 e. The highest BCUT2D eigenvalue weighted by Gasteiger charge is 2.38. The summed E-state index contributed by atoms with van der Waals surface area (Å²) in [6.07, 6.45) is 1.34. The first-order valence-electron chi connectivity index (χ1n) is 8.49. The molecule has 1 atom stereocenters. The van der Waals surface area contributed by atoms with Gasteiger partial charge in [0, 0.05) is 18.7 Å². The molecule has 1 aliphatic rings. The van der Waals surface area contributed by atoms with Gasteiger partial charge in [-0.25, -0.2) is 12.8 Å². The summed E-state index contributed by atoms with van der Waals surface area (Å²) in [5, 5.41) is 0. The molecule has 6 nitrogen and oxygen atoms in total. The smallest absolute Gasteiger partial charge is 0.246 e. The highest BCUT2D eigenvalue weighted by atomic mass is 32.2. The zero-order valence-electron chi connectivity index (χ0n) is 15.4. The highest BCUT2D eigenvalue weighted by Crippen LogP contribution is 2.40. The Balaban J connectivity index is 2.03. The van der Waals surface area contributed by atoms with Gasteiger partial charge in [0.05, 0.1) is 27.4 Å². The number of ether oxygens (including phenoxy) is 3. The lowest BCUT2D eigenvalue weighted by Gasteiger charge is -2.25. The molecule has 1 aliphatic heterocycles. The second kappa shape index (κ2) is 7.74. The van der Waals surface area contributed by atoms with Crippen LogP contribution in [-0.4, -0.2) is 40.6 Å². The van der Waals surface area contributed by atoms with E-state index in [2.05, 4.69) is 0 Å². The van der Waals surface area contributed by atoms with Crippen LogP contribution in [0.5, 0.6) is 17.2 Å². The molecule has 0 radical (unpaired) electrons. The molecule has 1 heterocycles. The Labute approximate surface area is 158 Å². The molecular formula is C19H22FNO5S. The van der Waals surface area contributed by atoms with E-state index in [0.29, 0.717) is 25.1 Å². The molecule has 0 aromatic heterocycles. The molecule has 27 heavy (non-hydrogen) atoms. The maximum Gasteiger partial charge on any atom is 0.246 e. The minimum atomic E-state index is -4.06. The quantitative estimate of drug-likeness (QED) is 0.750. The Morgan fingerprint density at radius 2 is 1.74 bits per heavy atom. The standard InChI is InChI=1S/C19H22FNO5S/c1-24-14-7-4-6-13(10-14)16-8-5-9-21(16)27(22,23)19-12-18(26-3)17(25-2)11-15(19)20/h4,6-7,10-12,16H,5,8-9H2,1-3H3. The number of sulfonamides is 1. The second-order valence-corrected chi connectivity index (χ2v) is 8.05. The van der Waals surface area contributed by atoms with Gasteiger partial charge in [-0.05, 0) is 30.5 Å². The molecule has 3 rings (SSSR count). The Hall–Kier alpha value is -2.32. The molecule has 0 aliphatic carbocycles. The highest BCUT2D eigenvalue weighted by molar-refractivity contribution is 7.89. The third-order valence-electron chi connectivity index (χ3n) is 4.71. The summed E-state index contributed by atoms with van der Waals surface area (Å²) in [5.74, 6) is 0.0762. The second-order valence-electron chi connectivity index (χ2n) is 6.19. The summed E-state index contributed by atoms with van der Waals surface area (Å²) in [7, 11) is 0.237. The van der Waals surface area contributed by atoms with Crippen molar-refractivity contribution in [3.63, 3.8) is 0 Å². The third-order valence-corrected chi connectivity index (χ3v) is 6.63. The maximum absolute atomic E-state index is 14.6. The number of methoxy groups -OCH3 is 3. The molecule has 0 saturated carbocycles. The van der Waals surface area contributed by atoms with E-state index in [-0.39, 0.29) is 17.5 Å². The number of hydrogen-bond donors (Lipinski definition) is 0. The molecule has 0 amide bonds. The summed E-state index contributed by atoms with van der Waals surface area (Å²) in [6, 6.07) is 9.10. The van der Waals surface area contributed by atoms with Crippen LogP contribution in [0.25, 0.3) is 0 Å². The third kappa shape index (κ3) is 3.59. The normalized spacial score (nSPS) is 17.7. The summed E-state index contributed by atoms with van der Waals surface area (Å²) >= 11 is 0. The average molecular weight is 395 g/mol. The van der Waals surface area contributed by atoms with E-state index >= 15 is 0 Å². The number of hydrogen-bond acceptors (Lipinski definition) is 5. The number of rotatable bonds is 6. The van der Waals surface area contributed by atoms with Gasteiger partial charge in [-0.15, -0.1) is 0 Å². The van der Waals surface area contributed by atoms with Crippen LogP contribution in [0, 0.1) is 5.82 Å².